The third-order valence-corrected chi connectivity index (χ3v) is 2.11. The average Bonchev–Trinajstić information content (AvgIpc) is 2.37. The molecule has 90 valence electrons. The standard InChI is InChI=1S/C13H15NO3/c1-2-3-8-16-13(15)10-17-12-7-5-4-6-11(12)9-14/h4-7H,2-3,8,10H2,1H3. The Kier molecular flexibility index (Phi) is 5.59. The van der Waals surface area contributed by atoms with Gasteiger partial charge in [-0.05, 0) is 18.6 Å². The molecule has 17 heavy (non-hydrogen) atoms. The maximum Gasteiger partial charge on any atom is 0.344 e. The Hall–Kier alpha value is -2.02. The summed E-state index contributed by atoms with van der Waals surface area (Å²) in [5.41, 5.74) is 0.411. The zero-order valence-corrected chi connectivity index (χ0v) is 9.81. The Bertz CT molecular complexity index is 409. The molecule has 1 aromatic carbocycles. The van der Waals surface area contributed by atoms with Crippen molar-refractivity contribution in [1.82, 2.24) is 0 Å². The fourth-order valence-electron chi connectivity index (χ4n) is 1.19. The maximum absolute atomic E-state index is 11.3. The first-order valence-electron chi connectivity index (χ1n) is 5.55. The highest BCUT2D eigenvalue weighted by atomic mass is 16.6. The highest BCUT2D eigenvalue weighted by Gasteiger charge is 2.06. The van der Waals surface area contributed by atoms with Crippen LogP contribution in [-0.2, 0) is 9.53 Å². The molecule has 4 nitrogen and oxygen atoms in total. The van der Waals surface area contributed by atoms with Crippen LogP contribution in [0.5, 0.6) is 5.75 Å². The summed E-state index contributed by atoms with van der Waals surface area (Å²) in [6, 6.07) is 8.77. The van der Waals surface area contributed by atoms with E-state index in [1.165, 1.54) is 0 Å². The molecule has 0 fully saturated rings. The van der Waals surface area contributed by atoms with Crippen LogP contribution in [0.1, 0.15) is 25.3 Å². The number of carbonyl (C=O) groups excluding carboxylic acids is 1. The van der Waals surface area contributed by atoms with Gasteiger partial charge < -0.3 is 9.47 Å². The SMILES string of the molecule is CCCCOC(=O)COc1ccccc1C#N. The molecule has 0 aliphatic carbocycles. The second-order valence-electron chi connectivity index (χ2n) is 3.47. The van der Waals surface area contributed by atoms with Gasteiger partial charge in [0, 0.05) is 0 Å². The molecule has 0 heterocycles. The summed E-state index contributed by atoms with van der Waals surface area (Å²) in [6.45, 7) is 2.27. The van der Waals surface area contributed by atoms with Crippen LogP contribution < -0.4 is 4.74 Å². The van der Waals surface area contributed by atoms with E-state index in [1.807, 2.05) is 13.0 Å². The minimum atomic E-state index is -0.411. The molecular formula is C13H15NO3. The highest BCUT2D eigenvalue weighted by molar-refractivity contribution is 5.71. The van der Waals surface area contributed by atoms with Gasteiger partial charge in [0.1, 0.15) is 11.8 Å². The molecule has 0 amide bonds. The minimum Gasteiger partial charge on any atom is -0.481 e. The number of hydrogen-bond donors (Lipinski definition) is 0. The van der Waals surface area contributed by atoms with Gasteiger partial charge >= 0.3 is 5.97 Å². The molecule has 0 aliphatic heterocycles. The lowest BCUT2D eigenvalue weighted by molar-refractivity contribution is -0.146. The van der Waals surface area contributed by atoms with Gasteiger partial charge in [0.25, 0.3) is 0 Å². The number of nitrogens with zero attached hydrogens (tertiary/aromatic N) is 1. The second-order valence-corrected chi connectivity index (χ2v) is 3.47. The van der Waals surface area contributed by atoms with E-state index >= 15 is 0 Å². The zero-order valence-electron chi connectivity index (χ0n) is 9.81. The fourth-order valence-corrected chi connectivity index (χ4v) is 1.19. The Labute approximate surface area is 101 Å². The quantitative estimate of drug-likeness (QED) is 0.558. The van der Waals surface area contributed by atoms with Crippen LogP contribution in [0.15, 0.2) is 24.3 Å². The van der Waals surface area contributed by atoms with Crippen LogP contribution in [0.25, 0.3) is 0 Å². The van der Waals surface area contributed by atoms with E-state index in [0.717, 1.165) is 12.8 Å². The second kappa shape index (κ2) is 7.29. The third kappa shape index (κ3) is 4.56. The molecule has 1 aromatic rings. The Morgan fingerprint density at radius 1 is 1.41 bits per heavy atom. The number of carbonyl (C=O) groups is 1. The molecule has 0 bridgehead atoms. The van der Waals surface area contributed by atoms with Crippen molar-refractivity contribution < 1.29 is 14.3 Å². The molecular weight excluding hydrogens is 218 g/mol. The number of esters is 1. The van der Waals surface area contributed by atoms with Crippen LogP contribution in [0.2, 0.25) is 0 Å². The summed E-state index contributed by atoms with van der Waals surface area (Å²) < 4.78 is 10.2. The van der Waals surface area contributed by atoms with Crippen molar-refractivity contribution >= 4 is 5.97 Å². The number of ether oxygens (including phenoxy) is 2. The first-order chi connectivity index (χ1) is 8.27. The van der Waals surface area contributed by atoms with Gasteiger partial charge in [0.15, 0.2) is 6.61 Å². The van der Waals surface area contributed by atoms with Crippen LogP contribution in [0.4, 0.5) is 0 Å². The average molecular weight is 233 g/mol. The minimum absolute atomic E-state index is 0.164. The van der Waals surface area contributed by atoms with Crippen molar-refractivity contribution in [2.24, 2.45) is 0 Å². The van der Waals surface area contributed by atoms with E-state index in [9.17, 15) is 4.79 Å². The molecule has 0 unspecified atom stereocenters. The number of hydrogen-bond acceptors (Lipinski definition) is 4. The Balaban J connectivity index is 2.40. The van der Waals surface area contributed by atoms with Gasteiger partial charge in [-0.15, -0.1) is 0 Å². The van der Waals surface area contributed by atoms with E-state index < -0.39 is 5.97 Å². The molecule has 1 rings (SSSR count). The molecule has 0 N–H and O–H groups in total. The van der Waals surface area contributed by atoms with Crippen molar-refractivity contribution in [3.63, 3.8) is 0 Å². The molecule has 0 radical (unpaired) electrons. The lowest BCUT2D eigenvalue weighted by Gasteiger charge is -2.07. The van der Waals surface area contributed by atoms with Gasteiger partial charge in [-0.1, -0.05) is 25.5 Å². The monoisotopic (exact) mass is 233 g/mol. The predicted octanol–water partition coefficient (Wildman–Crippen LogP) is 2.28. The number of rotatable bonds is 6. The zero-order chi connectivity index (χ0) is 12.5. The molecule has 0 saturated heterocycles. The summed E-state index contributed by atoms with van der Waals surface area (Å²) in [5, 5.41) is 8.81. The van der Waals surface area contributed by atoms with Gasteiger partial charge in [-0.2, -0.15) is 5.26 Å². The van der Waals surface area contributed by atoms with Crippen LogP contribution >= 0.6 is 0 Å². The normalized spacial score (nSPS) is 9.41. The molecule has 0 saturated carbocycles. The van der Waals surface area contributed by atoms with Crippen LogP contribution in [0.3, 0.4) is 0 Å². The summed E-state index contributed by atoms with van der Waals surface area (Å²) in [4.78, 5) is 11.3. The Morgan fingerprint density at radius 2 is 2.18 bits per heavy atom. The Morgan fingerprint density at radius 3 is 2.88 bits per heavy atom. The van der Waals surface area contributed by atoms with E-state index in [4.69, 9.17) is 14.7 Å². The van der Waals surface area contributed by atoms with Crippen molar-refractivity contribution in [2.75, 3.05) is 13.2 Å². The van der Waals surface area contributed by atoms with Crippen LogP contribution in [-0.4, -0.2) is 19.2 Å². The third-order valence-electron chi connectivity index (χ3n) is 2.11. The van der Waals surface area contributed by atoms with E-state index in [-0.39, 0.29) is 6.61 Å². The lowest BCUT2D eigenvalue weighted by atomic mass is 10.2. The molecule has 0 atom stereocenters. The van der Waals surface area contributed by atoms with Crippen molar-refractivity contribution in [3.8, 4) is 11.8 Å². The van der Waals surface area contributed by atoms with E-state index in [0.29, 0.717) is 17.9 Å². The summed E-state index contributed by atoms with van der Waals surface area (Å²) in [5.74, 6) is -0.00589. The number of nitriles is 1. The highest BCUT2D eigenvalue weighted by Crippen LogP contribution is 2.16. The topological polar surface area (TPSA) is 59.3 Å². The molecule has 4 heteroatoms. The van der Waals surface area contributed by atoms with Crippen molar-refractivity contribution in [3.05, 3.63) is 29.8 Å². The van der Waals surface area contributed by atoms with Gasteiger partial charge in [0.05, 0.1) is 12.2 Å². The first-order valence-corrected chi connectivity index (χ1v) is 5.55. The summed E-state index contributed by atoms with van der Waals surface area (Å²) in [6.07, 6.45) is 1.83. The van der Waals surface area contributed by atoms with Crippen molar-refractivity contribution in [2.45, 2.75) is 19.8 Å². The van der Waals surface area contributed by atoms with Crippen molar-refractivity contribution in [1.29, 1.82) is 5.26 Å². The van der Waals surface area contributed by atoms with Gasteiger partial charge in [-0.3, -0.25) is 0 Å². The predicted molar refractivity (Wildman–Crippen MR) is 62.5 cm³/mol. The maximum atomic E-state index is 11.3. The van der Waals surface area contributed by atoms with Gasteiger partial charge in [0.2, 0.25) is 0 Å². The largest absolute Gasteiger partial charge is 0.481 e. The molecule has 0 spiro atoms. The first kappa shape index (κ1) is 13.0. The lowest BCUT2D eigenvalue weighted by Crippen LogP contribution is -2.15. The number of unbranched alkanes of at least 4 members (excludes halogenated alkanes) is 1. The number of para-hydroxylation sites is 1. The fraction of sp³-hybridized carbons (Fsp3) is 0.385. The molecule has 0 aromatic heterocycles. The summed E-state index contributed by atoms with van der Waals surface area (Å²) in [7, 11) is 0. The van der Waals surface area contributed by atoms with Gasteiger partial charge in [-0.25, -0.2) is 4.79 Å². The van der Waals surface area contributed by atoms with Crippen LogP contribution in [0, 0.1) is 11.3 Å². The van der Waals surface area contributed by atoms with E-state index in [1.54, 1.807) is 24.3 Å². The smallest absolute Gasteiger partial charge is 0.344 e. The summed E-state index contributed by atoms with van der Waals surface area (Å²) >= 11 is 0. The van der Waals surface area contributed by atoms with E-state index in [2.05, 4.69) is 0 Å². The molecule has 0 aliphatic rings. The number of benzene rings is 1.